The van der Waals surface area contributed by atoms with E-state index in [4.69, 9.17) is 16.3 Å². The quantitative estimate of drug-likeness (QED) is 0.645. The van der Waals surface area contributed by atoms with Crippen LogP contribution >= 0.6 is 11.6 Å². The van der Waals surface area contributed by atoms with E-state index in [0.717, 1.165) is 5.56 Å². The van der Waals surface area contributed by atoms with Crippen LogP contribution in [0.15, 0.2) is 54.6 Å². The van der Waals surface area contributed by atoms with Crippen molar-refractivity contribution in [1.82, 2.24) is 10.3 Å². The van der Waals surface area contributed by atoms with Gasteiger partial charge in [0.25, 0.3) is 5.91 Å². The van der Waals surface area contributed by atoms with Crippen LogP contribution in [0.3, 0.4) is 0 Å². The fourth-order valence-electron chi connectivity index (χ4n) is 2.67. The van der Waals surface area contributed by atoms with Crippen molar-refractivity contribution in [2.75, 3.05) is 25.6 Å². The van der Waals surface area contributed by atoms with Gasteiger partial charge in [0.05, 0.1) is 11.1 Å². The molecule has 144 valence electrons. The molecule has 1 amide bonds. The van der Waals surface area contributed by atoms with Gasteiger partial charge in [0.1, 0.15) is 5.82 Å². The van der Waals surface area contributed by atoms with Crippen LogP contribution in [-0.4, -0.2) is 37.6 Å². The van der Waals surface area contributed by atoms with Crippen molar-refractivity contribution in [3.63, 3.8) is 0 Å². The molecule has 1 heterocycles. The number of nitrogens with one attached hydrogen (secondary N) is 1. The molecule has 0 radical (unpaired) electrons. The number of carbonyl (C=O) groups is 2. The minimum atomic E-state index is -0.570. The summed E-state index contributed by atoms with van der Waals surface area (Å²) in [5.74, 6) is -0.324. The molecule has 0 saturated carbocycles. The van der Waals surface area contributed by atoms with Crippen molar-refractivity contribution >= 4 is 40.2 Å². The number of halogens is 1. The van der Waals surface area contributed by atoms with Crippen LogP contribution in [0.4, 0.5) is 5.82 Å². The van der Waals surface area contributed by atoms with Gasteiger partial charge in [0.2, 0.25) is 0 Å². The molecule has 7 heteroatoms. The van der Waals surface area contributed by atoms with Crippen molar-refractivity contribution in [3.05, 3.63) is 70.7 Å². The monoisotopic (exact) mass is 397 g/mol. The van der Waals surface area contributed by atoms with E-state index >= 15 is 0 Å². The predicted octanol–water partition coefficient (Wildman–Crippen LogP) is 3.43. The van der Waals surface area contributed by atoms with Crippen LogP contribution in [0.2, 0.25) is 5.02 Å². The Morgan fingerprint density at radius 3 is 2.64 bits per heavy atom. The second kappa shape index (κ2) is 8.71. The number of hydrogen-bond acceptors (Lipinski definition) is 5. The number of rotatable bonds is 6. The van der Waals surface area contributed by atoms with E-state index in [1.165, 1.54) is 0 Å². The lowest BCUT2D eigenvalue weighted by Gasteiger charge is -2.14. The smallest absolute Gasteiger partial charge is 0.339 e. The lowest BCUT2D eigenvalue weighted by atomic mass is 10.1. The molecule has 0 aliphatic rings. The summed E-state index contributed by atoms with van der Waals surface area (Å²) >= 11 is 5.92. The number of nitrogens with zero attached hydrogens (tertiary/aromatic N) is 2. The zero-order valence-electron chi connectivity index (χ0n) is 15.6. The predicted molar refractivity (Wildman–Crippen MR) is 110 cm³/mol. The maximum atomic E-state index is 12.6. The van der Waals surface area contributed by atoms with Crippen LogP contribution < -0.4 is 10.2 Å². The van der Waals surface area contributed by atoms with E-state index in [0.29, 0.717) is 33.9 Å². The maximum absolute atomic E-state index is 12.6. The molecule has 0 unspecified atom stereocenters. The molecule has 0 spiro atoms. The van der Waals surface area contributed by atoms with E-state index in [1.807, 2.05) is 38.4 Å². The number of hydrogen-bond donors (Lipinski definition) is 1. The summed E-state index contributed by atoms with van der Waals surface area (Å²) < 4.78 is 5.22. The highest BCUT2D eigenvalue weighted by Gasteiger charge is 2.16. The highest BCUT2D eigenvalue weighted by Crippen LogP contribution is 2.22. The van der Waals surface area contributed by atoms with Gasteiger partial charge in [-0.05, 0) is 29.8 Å². The molecule has 3 rings (SSSR count). The summed E-state index contributed by atoms with van der Waals surface area (Å²) in [6.45, 7) is -0.0622. The number of ether oxygens (including phenoxy) is 1. The topological polar surface area (TPSA) is 71.5 Å². The van der Waals surface area contributed by atoms with Crippen molar-refractivity contribution in [2.24, 2.45) is 0 Å². The van der Waals surface area contributed by atoms with E-state index in [9.17, 15) is 9.59 Å². The third kappa shape index (κ3) is 4.78. The van der Waals surface area contributed by atoms with Gasteiger partial charge in [0, 0.05) is 31.0 Å². The van der Waals surface area contributed by atoms with Crippen LogP contribution in [0.1, 0.15) is 15.9 Å². The number of anilines is 1. The summed E-state index contributed by atoms with van der Waals surface area (Å²) in [5, 5.41) is 3.98. The van der Waals surface area contributed by atoms with Crippen LogP contribution in [0, 0.1) is 0 Å². The Hall–Kier alpha value is -3.12. The first kappa shape index (κ1) is 19.6. The lowest BCUT2D eigenvalue weighted by Crippen LogP contribution is -2.28. The summed E-state index contributed by atoms with van der Waals surface area (Å²) in [6, 6.07) is 16.2. The summed E-state index contributed by atoms with van der Waals surface area (Å²) in [4.78, 5) is 30.9. The summed E-state index contributed by atoms with van der Waals surface area (Å²) in [5.41, 5.74) is 1.92. The molecular formula is C21H20ClN3O3. The van der Waals surface area contributed by atoms with Gasteiger partial charge in [-0.15, -0.1) is 0 Å². The van der Waals surface area contributed by atoms with E-state index in [1.54, 1.807) is 35.2 Å². The van der Waals surface area contributed by atoms with Gasteiger partial charge < -0.3 is 15.0 Å². The van der Waals surface area contributed by atoms with Gasteiger partial charge in [-0.2, -0.15) is 0 Å². The number of esters is 1. The zero-order valence-corrected chi connectivity index (χ0v) is 16.4. The number of aromatic nitrogens is 1. The first-order chi connectivity index (χ1) is 13.4. The highest BCUT2D eigenvalue weighted by molar-refractivity contribution is 6.30. The SMILES string of the molecule is CN(C)c1cc(C(=O)OCC(=O)NCc2cccc(Cl)c2)c2ccccc2n1. The molecule has 0 saturated heterocycles. The number of pyridine rings is 1. The Bertz CT molecular complexity index is 1020. The summed E-state index contributed by atoms with van der Waals surface area (Å²) in [7, 11) is 3.69. The van der Waals surface area contributed by atoms with Crippen molar-refractivity contribution in [1.29, 1.82) is 0 Å². The zero-order chi connectivity index (χ0) is 20.1. The van der Waals surface area contributed by atoms with Gasteiger partial charge in [-0.3, -0.25) is 4.79 Å². The molecule has 0 fully saturated rings. The van der Waals surface area contributed by atoms with Gasteiger partial charge in [0.15, 0.2) is 6.61 Å². The molecular weight excluding hydrogens is 378 g/mol. The average Bonchev–Trinajstić information content (AvgIpc) is 2.69. The molecule has 0 aliphatic carbocycles. The fraction of sp³-hybridized carbons (Fsp3) is 0.190. The first-order valence-corrected chi connectivity index (χ1v) is 9.07. The molecule has 1 aromatic heterocycles. The second-order valence-corrected chi connectivity index (χ2v) is 6.86. The molecule has 6 nitrogen and oxygen atoms in total. The average molecular weight is 398 g/mol. The van der Waals surface area contributed by atoms with E-state index in [2.05, 4.69) is 10.3 Å². The minimum absolute atomic E-state index is 0.305. The van der Waals surface area contributed by atoms with Crippen LogP contribution in [0.25, 0.3) is 10.9 Å². The Kier molecular flexibility index (Phi) is 6.11. The molecule has 0 bridgehead atoms. The standard InChI is InChI=1S/C21H20ClN3O3/c1-25(2)19-11-17(16-8-3-4-9-18(16)24-19)21(27)28-13-20(26)23-12-14-6-5-7-15(22)10-14/h3-11H,12-13H2,1-2H3,(H,23,26). The number of para-hydroxylation sites is 1. The van der Waals surface area contributed by atoms with Crippen LogP contribution in [0.5, 0.6) is 0 Å². The minimum Gasteiger partial charge on any atom is -0.452 e. The normalized spacial score (nSPS) is 10.5. The number of fused-ring (bicyclic) bond motifs is 1. The Morgan fingerprint density at radius 1 is 1.11 bits per heavy atom. The molecule has 2 aromatic carbocycles. The van der Waals surface area contributed by atoms with Gasteiger partial charge >= 0.3 is 5.97 Å². The Morgan fingerprint density at radius 2 is 1.89 bits per heavy atom. The van der Waals surface area contributed by atoms with Crippen LogP contribution in [-0.2, 0) is 16.1 Å². The lowest BCUT2D eigenvalue weighted by molar-refractivity contribution is -0.124. The third-order valence-electron chi connectivity index (χ3n) is 4.09. The number of carbonyl (C=O) groups excluding carboxylic acids is 2. The highest BCUT2D eigenvalue weighted by atomic mass is 35.5. The molecule has 28 heavy (non-hydrogen) atoms. The van der Waals surface area contributed by atoms with E-state index in [-0.39, 0.29) is 12.5 Å². The number of benzene rings is 2. The van der Waals surface area contributed by atoms with Crippen molar-refractivity contribution in [2.45, 2.75) is 6.54 Å². The summed E-state index contributed by atoms with van der Waals surface area (Å²) in [6.07, 6.45) is 0. The van der Waals surface area contributed by atoms with Gasteiger partial charge in [-0.1, -0.05) is 41.9 Å². The first-order valence-electron chi connectivity index (χ1n) is 8.69. The second-order valence-electron chi connectivity index (χ2n) is 6.42. The Labute approximate surface area is 168 Å². The fourth-order valence-corrected chi connectivity index (χ4v) is 2.88. The Balaban J connectivity index is 1.66. The maximum Gasteiger partial charge on any atom is 0.339 e. The molecule has 0 atom stereocenters. The largest absolute Gasteiger partial charge is 0.452 e. The number of amides is 1. The molecule has 3 aromatic rings. The van der Waals surface area contributed by atoms with E-state index < -0.39 is 5.97 Å². The molecule has 1 N–H and O–H groups in total. The van der Waals surface area contributed by atoms with Gasteiger partial charge in [-0.25, -0.2) is 9.78 Å². The van der Waals surface area contributed by atoms with Crippen molar-refractivity contribution in [3.8, 4) is 0 Å². The third-order valence-corrected chi connectivity index (χ3v) is 4.33. The molecule has 0 aliphatic heterocycles. The van der Waals surface area contributed by atoms with Crippen molar-refractivity contribution < 1.29 is 14.3 Å².